The molecule has 0 aromatic heterocycles. The number of aliphatic hydroxyl groups is 1. The Bertz CT molecular complexity index is 878. The molecule has 132 valence electrons. The van der Waals surface area contributed by atoms with Gasteiger partial charge in [0.2, 0.25) is 0 Å². The van der Waals surface area contributed by atoms with Crippen LogP contribution < -0.4 is 10.6 Å². The van der Waals surface area contributed by atoms with Gasteiger partial charge >= 0.3 is 0 Å². The van der Waals surface area contributed by atoms with Crippen molar-refractivity contribution in [1.29, 1.82) is 0 Å². The van der Waals surface area contributed by atoms with Gasteiger partial charge in [-0.2, -0.15) is 0 Å². The van der Waals surface area contributed by atoms with Crippen LogP contribution in [0.3, 0.4) is 0 Å². The van der Waals surface area contributed by atoms with Crippen LogP contribution >= 0.6 is 0 Å². The SMILES string of the molecule is CS(=O)(=O)c1ccc(-c2cccc(C(=O)N[C@@H]3CNC[C@H]3O)c2)cc1. The number of carbonyl (C=O) groups is 1. The molecule has 1 aliphatic heterocycles. The molecule has 3 N–H and O–H groups in total. The first-order valence-electron chi connectivity index (χ1n) is 7.95. The third kappa shape index (κ3) is 4.07. The van der Waals surface area contributed by atoms with Crippen molar-refractivity contribution in [2.75, 3.05) is 19.3 Å². The van der Waals surface area contributed by atoms with Crippen LogP contribution in [0.4, 0.5) is 0 Å². The second kappa shape index (κ2) is 6.95. The molecular formula is C18H20N2O4S. The van der Waals surface area contributed by atoms with E-state index in [0.717, 1.165) is 11.1 Å². The summed E-state index contributed by atoms with van der Waals surface area (Å²) in [4.78, 5) is 12.6. The second-order valence-electron chi connectivity index (χ2n) is 6.18. The van der Waals surface area contributed by atoms with Crippen LogP contribution in [0.2, 0.25) is 0 Å². The van der Waals surface area contributed by atoms with Crippen LogP contribution in [0.25, 0.3) is 11.1 Å². The van der Waals surface area contributed by atoms with E-state index in [1.165, 1.54) is 6.26 Å². The fourth-order valence-electron chi connectivity index (χ4n) is 2.80. The van der Waals surface area contributed by atoms with Crippen molar-refractivity contribution in [3.63, 3.8) is 0 Å². The van der Waals surface area contributed by atoms with Crippen LogP contribution in [0, 0.1) is 0 Å². The second-order valence-corrected chi connectivity index (χ2v) is 8.20. The quantitative estimate of drug-likeness (QED) is 0.750. The van der Waals surface area contributed by atoms with Crippen molar-refractivity contribution in [1.82, 2.24) is 10.6 Å². The number of sulfone groups is 1. The molecule has 0 bridgehead atoms. The van der Waals surface area contributed by atoms with Gasteiger partial charge < -0.3 is 15.7 Å². The van der Waals surface area contributed by atoms with Crippen LogP contribution in [-0.2, 0) is 9.84 Å². The Labute approximate surface area is 146 Å². The van der Waals surface area contributed by atoms with Gasteiger partial charge in [0.15, 0.2) is 9.84 Å². The van der Waals surface area contributed by atoms with Gasteiger partial charge in [-0.3, -0.25) is 4.79 Å². The lowest BCUT2D eigenvalue weighted by atomic mass is 10.0. The van der Waals surface area contributed by atoms with Crippen LogP contribution in [0.5, 0.6) is 0 Å². The van der Waals surface area contributed by atoms with Crippen molar-refractivity contribution in [2.24, 2.45) is 0 Å². The molecular weight excluding hydrogens is 340 g/mol. The molecule has 2 aromatic carbocycles. The molecule has 1 heterocycles. The minimum absolute atomic E-state index is 0.248. The first-order valence-corrected chi connectivity index (χ1v) is 9.84. The van der Waals surface area contributed by atoms with Gasteiger partial charge in [0.05, 0.1) is 17.0 Å². The molecule has 0 unspecified atom stereocenters. The monoisotopic (exact) mass is 360 g/mol. The summed E-state index contributed by atoms with van der Waals surface area (Å²) in [6, 6.07) is 13.3. The zero-order valence-corrected chi connectivity index (χ0v) is 14.6. The molecule has 25 heavy (non-hydrogen) atoms. The standard InChI is InChI=1S/C18H20N2O4S/c1-25(23,24)15-7-5-12(6-8-15)13-3-2-4-14(9-13)18(22)20-16-10-19-11-17(16)21/h2-9,16-17,19,21H,10-11H2,1H3,(H,20,22)/t16-,17-/m1/s1. The Hall–Kier alpha value is -2.22. The Morgan fingerprint density at radius 1 is 1.12 bits per heavy atom. The molecule has 2 atom stereocenters. The van der Waals surface area contributed by atoms with Gasteiger partial charge in [-0.25, -0.2) is 8.42 Å². The van der Waals surface area contributed by atoms with Crippen molar-refractivity contribution in [3.05, 3.63) is 54.1 Å². The molecule has 0 radical (unpaired) electrons. The lowest BCUT2D eigenvalue weighted by molar-refractivity contribution is 0.0888. The number of β-amino-alcohol motifs (C(OH)–C–C–N with tert-alkyl or cyclic N) is 1. The van der Waals surface area contributed by atoms with Gasteiger partial charge in [0.1, 0.15) is 0 Å². The summed E-state index contributed by atoms with van der Waals surface area (Å²) >= 11 is 0. The van der Waals surface area contributed by atoms with E-state index in [-0.39, 0.29) is 16.8 Å². The molecule has 7 heteroatoms. The van der Waals surface area contributed by atoms with Gasteiger partial charge in [0.25, 0.3) is 5.91 Å². The number of benzene rings is 2. The highest BCUT2D eigenvalue weighted by Gasteiger charge is 2.26. The highest BCUT2D eigenvalue weighted by molar-refractivity contribution is 7.90. The third-order valence-corrected chi connectivity index (χ3v) is 5.37. The average Bonchev–Trinajstić information content (AvgIpc) is 2.99. The zero-order chi connectivity index (χ0) is 18.0. The number of nitrogens with one attached hydrogen (secondary N) is 2. The van der Waals surface area contributed by atoms with Gasteiger partial charge in [-0.1, -0.05) is 24.3 Å². The van der Waals surface area contributed by atoms with Crippen LogP contribution in [0.15, 0.2) is 53.4 Å². The molecule has 6 nitrogen and oxygen atoms in total. The third-order valence-electron chi connectivity index (χ3n) is 4.24. The molecule has 0 aliphatic carbocycles. The smallest absolute Gasteiger partial charge is 0.251 e. The summed E-state index contributed by atoms with van der Waals surface area (Å²) in [6.07, 6.45) is 0.579. The fourth-order valence-corrected chi connectivity index (χ4v) is 3.43. The first-order chi connectivity index (χ1) is 11.8. The van der Waals surface area contributed by atoms with E-state index >= 15 is 0 Å². The predicted molar refractivity (Wildman–Crippen MR) is 95.1 cm³/mol. The fraction of sp³-hybridized carbons (Fsp3) is 0.278. The van der Waals surface area contributed by atoms with E-state index in [1.807, 2.05) is 6.07 Å². The number of rotatable bonds is 4. The van der Waals surface area contributed by atoms with Crippen molar-refractivity contribution in [3.8, 4) is 11.1 Å². The first kappa shape index (κ1) is 17.6. The van der Waals surface area contributed by atoms with E-state index in [2.05, 4.69) is 10.6 Å². The van der Waals surface area contributed by atoms with Crippen LogP contribution in [-0.4, -0.2) is 50.9 Å². The highest BCUT2D eigenvalue weighted by atomic mass is 32.2. The highest BCUT2D eigenvalue weighted by Crippen LogP contribution is 2.22. The maximum absolute atomic E-state index is 12.4. The maximum atomic E-state index is 12.4. The Balaban J connectivity index is 1.80. The molecule has 3 rings (SSSR count). The maximum Gasteiger partial charge on any atom is 0.251 e. The molecule has 1 aliphatic rings. The molecule has 1 amide bonds. The molecule has 1 fully saturated rings. The van der Waals surface area contributed by atoms with E-state index in [0.29, 0.717) is 18.7 Å². The normalized spacial score (nSPS) is 20.4. The minimum atomic E-state index is -3.24. The lowest BCUT2D eigenvalue weighted by Gasteiger charge is -2.15. The molecule has 1 saturated heterocycles. The molecule has 0 spiro atoms. The van der Waals surface area contributed by atoms with Gasteiger partial charge in [-0.15, -0.1) is 0 Å². The Morgan fingerprint density at radius 3 is 2.44 bits per heavy atom. The van der Waals surface area contributed by atoms with E-state index in [4.69, 9.17) is 0 Å². The summed E-state index contributed by atoms with van der Waals surface area (Å²) in [7, 11) is -3.24. The summed E-state index contributed by atoms with van der Waals surface area (Å²) < 4.78 is 23.1. The number of amides is 1. The summed E-state index contributed by atoms with van der Waals surface area (Å²) in [5, 5.41) is 15.6. The zero-order valence-electron chi connectivity index (χ0n) is 13.8. The predicted octanol–water partition coefficient (Wildman–Crippen LogP) is 0.820. The van der Waals surface area contributed by atoms with E-state index < -0.39 is 15.9 Å². The van der Waals surface area contributed by atoms with Gasteiger partial charge in [0, 0.05) is 24.9 Å². The van der Waals surface area contributed by atoms with E-state index in [1.54, 1.807) is 42.5 Å². The largest absolute Gasteiger partial charge is 0.390 e. The minimum Gasteiger partial charge on any atom is -0.390 e. The average molecular weight is 360 g/mol. The summed E-state index contributed by atoms with van der Waals surface area (Å²) in [5.41, 5.74) is 2.13. The molecule has 2 aromatic rings. The molecule has 0 saturated carbocycles. The Kier molecular flexibility index (Phi) is 4.89. The van der Waals surface area contributed by atoms with Crippen molar-refractivity contribution < 1.29 is 18.3 Å². The summed E-state index contributed by atoms with van der Waals surface area (Å²) in [5.74, 6) is -0.248. The van der Waals surface area contributed by atoms with Gasteiger partial charge in [-0.05, 0) is 35.4 Å². The van der Waals surface area contributed by atoms with Crippen molar-refractivity contribution >= 4 is 15.7 Å². The van der Waals surface area contributed by atoms with E-state index in [9.17, 15) is 18.3 Å². The topological polar surface area (TPSA) is 95.5 Å². The number of hydrogen-bond donors (Lipinski definition) is 3. The Morgan fingerprint density at radius 2 is 1.84 bits per heavy atom. The lowest BCUT2D eigenvalue weighted by Crippen LogP contribution is -2.42. The summed E-state index contributed by atoms with van der Waals surface area (Å²) in [6.45, 7) is 1.01. The number of carbonyl (C=O) groups excluding carboxylic acids is 1. The van der Waals surface area contributed by atoms with Crippen molar-refractivity contribution in [2.45, 2.75) is 17.0 Å². The number of hydrogen-bond acceptors (Lipinski definition) is 5. The number of aliphatic hydroxyl groups excluding tert-OH is 1. The van der Waals surface area contributed by atoms with Crippen LogP contribution in [0.1, 0.15) is 10.4 Å².